The van der Waals surface area contributed by atoms with Crippen LogP contribution in [0.3, 0.4) is 0 Å². The summed E-state index contributed by atoms with van der Waals surface area (Å²) in [4.78, 5) is 9.05. The molecule has 4 aromatic rings. The van der Waals surface area contributed by atoms with Gasteiger partial charge in [-0.2, -0.15) is 0 Å². The number of pyridine rings is 1. The zero-order valence-corrected chi connectivity index (χ0v) is 13.8. The van der Waals surface area contributed by atoms with Crippen LogP contribution in [0.25, 0.3) is 33.4 Å². The molecule has 3 heteroatoms. The number of aromatic nitrogens is 3. The van der Waals surface area contributed by atoms with Gasteiger partial charge in [0.15, 0.2) is 5.52 Å². The van der Waals surface area contributed by atoms with Crippen molar-refractivity contribution in [2.75, 3.05) is 0 Å². The van der Waals surface area contributed by atoms with Gasteiger partial charge in [-0.05, 0) is 41.7 Å². The molecule has 0 unspecified atom stereocenters. The first-order valence-corrected chi connectivity index (χ1v) is 8.00. The van der Waals surface area contributed by atoms with Crippen molar-refractivity contribution in [3.63, 3.8) is 0 Å². The molecule has 0 saturated heterocycles. The minimum atomic E-state index is 0.965. The number of fused-ring (bicyclic) bond motifs is 1. The number of nitrogens with zero attached hydrogens (tertiary/aromatic N) is 3. The molecule has 0 aliphatic carbocycles. The molecule has 2 aromatic heterocycles. The highest BCUT2D eigenvalue weighted by Crippen LogP contribution is 2.29. The van der Waals surface area contributed by atoms with Crippen molar-refractivity contribution in [3.8, 4) is 22.5 Å². The molecular formula is C21H18N3+. The van der Waals surface area contributed by atoms with Gasteiger partial charge in [-0.3, -0.25) is 4.98 Å². The summed E-state index contributed by atoms with van der Waals surface area (Å²) in [5, 5.41) is 1.15. The van der Waals surface area contributed by atoms with Crippen molar-refractivity contribution in [2.45, 2.75) is 6.92 Å². The molecule has 0 spiro atoms. The molecular weight excluding hydrogens is 294 g/mol. The van der Waals surface area contributed by atoms with Gasteiger partial charge in [-0.25, -0.2) is 4.57 Å². The summed E-state index contributed by atoms with van der Waals surface area (Å²) in [7, 11) is 2.04. The van der Waals surface area contributed by atoms with E-state index in [1.54, 1.807) is 0 Å². The molecule has 2 heterocycles. The van der Waals surface area contributed by atoms with Crippen molar-refractivity contribution >= 4 is 10.9 Å². The van der Waals surface area contributed by atoms with Crippen molar-refractivity contribution in [2.24, 2.45) is 7.05 Å². The van der Waals surface area contributed by atoms with Gasteiger partial charge in [-0.15, -0.1) is 0 Å². The van der Waals surface area contributed by atoms with Gasteiger partial charge in [-0.1, -0.05) is 36.4 Å². The maximum Gasteiger partial charge on any atom is 0.287 e. The second-order valence-electron chi connectivity index (χ2n) is 5.97. The molecule has 116 valence electrons. The van der Waals surface area contributed by atoms with E-state index in [0.717, 1.165) is 22.2 Å². The molecule has 0 atom stereocenters. The summed E-state index contributed by atoms with van der Waals surface area (Å²) in [6, 6.07) is 20.8. The fourth-order valence-corrected chi connectivity index (χ4v) is 3.10. The Hall–Kier alpha value is -3.07. The van der Waals surface area contributed by atoms with Crippen LogP contribution >= 0.6 is 0 Å². The molecule has 24 heavy (non-hydrogen) atoms. The van der Waals surface area contributed by atoms with Crippen molar-refractivity contribution in [3.05, 3.63) is 78.8 Å². The number of hydrogen-bond donors (Lipinski definition) is 0. The lowest BCUT2D eigenvalue weighted by Gasteiger charge is -2.09. The second kappa shape index (κ2) is 5.85. The first-order chi connectivity index (χ1) is 11.7. The summed E-state index contributed by atoms with van der Waals surface area (Å²) < 4.78 is 2.09. The van der Waals surface area contributed by atoms with Gasteiger partial charge >= 0.3 is 0 Å². The summed E-state index contributed by atoms with van der Waals surface area (Å²) in [5.41, 5.74) is 6.71. The van der Waals surface area contributed by atoms with E-state index in [1.165, 1.54) is 16.8 Å². The zero-order chi connectivity index (χ0) is 16.5. The average Bonchev–Trinajstić information content (AvgIpc) is 2.63. The van der Waals surface area contributed by atoms with E-state index in [-0.39, 0.29) is 0 Å². The van der Waals surface area contributed by atoms with Gasteiger partial charge in [0.1, 0.15) is 5.69 Å². The maximum absolute atomic E-state index is 4.62. The number of benzene rings is 2. The Morgan fingerprint density at radius 1 is 0.875 bits per heavy atom. The minimum absolute atomic E-state index is 0.965. The molecule has 0 saturated carbocycles. The zero-order valence-electron chi connectivity index (χ0n) is 13.8. The van der Waals surface area contributed by atoms with Crippen LogP contribution in [-0.2, 0) is 7.05 Å². The fraction of sp³-hybridized carbons (Fsp3) is 0.0952. The summed E-state index contributed by atoms with van der Waals surface area (Å²) in [6.45, 7) is 2.14. The van der Waals surface area contributed by atoms with Crippen molar-refractivity contribution in [1.82, 2.24) is 9.97 Å². The molecule has 0 radical (unpaired) electrons. The van der Waals surface area contributed by atoms with E-state index in [2.05, 4.69) is 63.9 Å². The standard InChI is InChI=1S/C21H18N3/c1-15-7-3-4-8-17(15)21-18-11-10-16(19-9-5-6-12-22-19)13-20(18)23-14-24(21)2/h3-14H,1-2H3/q+1. The van der Waals surface area contributed by atoms with E-state index in [4.69, 9.17) is 0 Å². The summed E-state index contributed by atoms with van der Waals surface area (Å²) >= 11 is 0. The van der Waals surface area contributed by atoms with Crippen LogP contribution in [-0.4, -0.2) is 9.97 Å². The number of aryl methyl sites for hydroxylation is 2. The molecule has 0 aliphatic rings. The van der Waals surface area contributed by atoms with Gasteiger partial charge in [0.2, 0.25) is 0 Å². The molecule has 4 rings (SSSR count). The Labute approximate surface area is 141 Å². The van der Waals surface area contributed by atoms with Crippen LogP contribution in [0.15, 0.2) is 73.2 Å². The van der Waals surface area contributed by atoms with Crippen LogP contribution in [0.2, 0.25) is 0 Å². The Bertz CT molecular complexity index is 1020. The molecule has 2 aromatic carbocycles. The third-order valence-electron chi connectivity index (χ3n) is 4.34. The lowest BCUT2D eigenvalue weighted by Crippen LogP contribution is -2.31. The normalized spacial score (nSPS) is 10.9. The minimum Gasteiger partial charge on any atom is -0.256 e. The van der Waals surface area contributed by atoms with Crippen LogP contribution < -0.4 is 4.57 Å². The van der Waals surface area contributed by atoms with Crippen molar-refractivity contribution < 1.29 is 4.57 Å². The lowest BCUT2D eigenvalue weighted by atomic mass is 10.00. The molecule has 0 aliphatic heterocycles. The monoisotopic (exact) mass is 312 g/mol. The maximum atomic E-state index is 4.62. The lowest BCUT2D eigenvalue weighted by molar-refractivity contribution is -0.662. The predicted molar refractivity (Wildman–Crippen MR) is 96.3 cm³/mol. The van der Waals surface area contributed by atoms with E-state index in [9.17, 15) is 0 Å². The van der Waals surface area contributed by atoms with Crippen LogP contribution in [0.5, 0.6) is 0 Å². The third kappa shape index (κ3) is 2.44. The highest BCUT2D eigenvalue weighted by Gasteiger charge is 2.16. The second-order valence-corrected chi connectivity index (χ2v) is 5.97. The third-order valence-corrected chi connectivity index (χ3v) is 4.34. The van der Waals surface area contributed by atoms with Crippen LogP contribution in [0.1, 0.15) is 5.56 Å². The largest absolute Gasteiger partial charge is 0.287 e. The fourth-order valence-electron chi connectivity index (χ4n) is 3.10. The molecule has 0 N–H and O–H groups in total. The first-order valence-electron chi connectivity index (χ1n) is 8.00. The number of hydrogen-bond acceptors (Lipinski definition) is 2. The van der Waals surface area contributed by atoms with Crippen LogP contribution in [0.4, 0.5) is 0 Å². The smallest absolute Gasteiger partial charge is 0.256 e. The highest BCUT2D eigenvalue weighted by atomic mass is 15.0. The SMILES string of the molecule is Cc1ccccc1-c1c2ccc(-c3ccccn3)cc2nc[n+]1C. The highest BCUT2D eigenvalue weighted by molar-refractivity contribution is 5.93. The number of rotatable bonds is 2. The van der Waals surface area contributed by atoms with E-state index < -0.39 is 0 Å². The average molecular weight is 312 g/mol. The first kappa shape index (κ1) is 14.5. The van der Waals surface area contributed by atoms with Gasteiger partial charge < -0.3 is 0 Å². The van der Waals surface area contributed by atoms with Gasteiger partial charge in [0, 0.05) is 17.3 Å². The Kier molecular flexibility index (Phi) is 3.54. The Morgan fingerprint density at radius 2 is 1.71 bits per heavy atom. The molecule has 0 fully saturated rings. The molecule has 0 bridgehead atoms. The Morgan fingerprint density at radius 3 is 2.50 bits per heavy atom. The predicted octanol–water partition coefficient (Wildman–Crippen LogP) is 4.10. The van der Waals surface area contributed by atoms with Crippen LogP contribution in [0, 0.1) is 6.92 Å². The molecule has 0 amide bonds. The Balaban J connectivity index is 1.96. The van der Waals surface area contributed by atoms with E-state index in [0.29, 0.717) is 0 Å². The van der Waals surface area contributed by atoms with Crippen molar-refractivity contribution in [1.29, 1.82) is 0 Å². The summed E-state index contributed by atoms with van der Waals surface area (Å²) in [6.07, 6.45) is 3.70. The molecule has 3 nitrogen and oxygen atoms in total. The quantitative estimate of drug-likeness (QED) is 0.522. The van der Waals surface area contributed by atoms with E-state index >= 15 is 0 Å². The van der Waals surface area contributed by atoms with Gasteiger partial charge in [0.05, 0.1) is 18.1 Å². The topological polar surface area (TPSA) is 29.7 Å². The summed E-state index contributed by atoms with van der Waals surface area (Å²) in [5.74, 6) is 0. The van der Waals surface area contributed by atoms with E-state index in [1.807, 2.05) is 37.8 Å². The van der Waals surface area contributed by atoms with Gasteiger partial charge in [0.25, 0.3) is 6.33 Å².